The molecule has 0 N–H and O–H groups in total. The molecule has 0 saturated heterocycles. The summed E-state index contributed by atoms with van der Waals surface area (Å²) in [5.74, 6) is -0.588. The van der Waals surface area contributed by atoms with Crippen LogP contribution in [-0.4, -0.2) is 19.2 Å². The average molecular weight is 269 g/mol. The Hall–Kier alpha value is -2.16. The molecule has 0 aliphatic heterocycles. The standard InChI is InChI=1S/C13H13F2NO3/c1-2-18-12(17)11-6-5-10(19-13(14)15)8-9(11)4-3-7-16/h5-6,8,13H,2-4H2,1H3. The van der Waals surface area contributed by atoms with Gasteiger partial charge in [-0.15, -0.1) is 0 Å². The summed E-state index contributed by atoms with van der Waals surface area (Å²) >= 11 is 0. The van der Waals surface area contributed by atoms with Gasteiger partial charge >= 0.3 is 12.6 Å². The van der Waals surface area contributed by atoms with Crippen molar-refractivity contribution in [3.63, 3.8) is 0 Å². The molecule has 4 nitrogen and oxygen atoms in total. The third kappa shape index (κ3) is 4.54. The van der Waals surface area contributed by atoms with E-state index in [4.69, 9.17) is 10.00 Å². The minimum Gasteiger partial charge on any atom is -0.462 e. The van der Waals surface area contributed by atoms with Crippen LogP contribution in [0.15, 0.2) is 18.2 Å². The van der Waals surface area contributed by atoms with Gasteiger partial charge < -0.3 is 9.47 Å². The van der Waals surface area contributed by atoms with E-state index in [1.165, 1.54) is 18.2 Å². The summed E-state index contributed by atoms with van der Waals surface area (Å²) in [6, 6.07) is 5.90. The largest absolute Gasteiger partial charge is 0.462 e. The predicted octanol–water partition coefficient (Wildman–Crippen LogP) is 2.92. The predicted molar refractivity (Wildman–Crippen MR) is 63.0 cm³/mol. The van der Waals surface area contributed by atoms with Crippen molar-refractivity contribution in [2.75, 3.05) is 6.61 Å². The molecule has 0 aliphatic carbocycles. The zero-order valence-corrected chi connectivity index (χ0v) is 10.4. The van der Waals surface area contributed by atoms with Crippen molar-refractivity contribution in [1.29, 1.82) is 5.26 Å². The minimum absolute atomic E-state index is 0.0454. The Balaban J connectivity index is 3.02. The molecule has 0 radical (unpaired) electrons. The maximum Gasteiger partial charge on any atom is 0.387 e. The lowest BCUT2D eigenvalue weighted by atomic mass is 10.0. The number of halogens is 2. The number of aryl methyl sites for hydroxylation is 1. The summed E-state index contributed by atoms with van der Waals surface area (Å²) in [7, 11) is 0. The molecule has 1 rings (SSSR count). The summed E-state index contributed by atoms with van der Waals surface area (Å²) in [4.78, 5) is 11.7. The quantitative estimate of drug-likeness (QED) is 0.745. The van der Waals surface area contributed by atoms with Crippen LogP contribution in [0.2, 0.25) is 0 Å². The summed E-state index contributed by atoms with van der Waals surface area (Å²) in [6.45, 7) is -1.05. The van der Waals surface area contributed by atoms with Gasteiger partial charge in [-0.05, 0) is 37.1 Å². The van der Waals surface area contributed by atoms with E-state index in [1.807, 2.05) is 6.07 Å². The van der Waals surface area contributed by atoms with Gasteiger partial charge in [-0.2, -0.15) is 14.0 Å². The summed E-state index contributed by atoms with van der Waals surface area (Å²) in [6.07, 6.45) is 0.440. The molecule has 1 aromatic carbocycles. The Labute approximate surface area is 109 Å². The Bertz CT molecular complexity index is 483. The van der Waals surface area contributed by atoms with Crippen molar-refractivity contribution in [2.24, 2.45) is 0 Å². The normalized spacial score (nSPS) is 10.1. The lowest BCUT2D eigenvalue weighted by Crippen LogP contribution is -2.09. The van der Waals surface area contributed by atoms with Crippen LogP contribution >= 0.6 is 0 Å². The van der Waals surface area contributed by atoms with Gasteiger partial charge in [0.2, 0.25) is 0 Å². The molecular weight excluding hydrogens is 256 g/mol. The van der Waals surface area contributed by atoms with Crippen molar-refractivity contribution in [1.82, 2.24) is 0 Å². The molecule has 0 aliphatic rings. The number of nitrogens with zero attached hydrogens (tertiary/aromatic N) is 1. The van der Waals surface area contributed by atoms with Gasteiger partial charge in [0.1, 0.15) is 5.75 Å². The fraction of sp³-hybridized carbons (Fsp3) is 0.385. The highest BCUT2D eigenvalue weighted by atomic mass is 19.3. The number of carbonyl (C=O) groups is 1. The van der Waals surface area contributed by atoms with Crippen LogP contribution in [0.4, 0.5) is 8.78 Å². The van der Waals surface area contributed by atoms with E-state index < -0.39 is 12.6 Å². The van der Waals surface area contributed by atoms with Gasteiger partial charge in [-0.1, -0.05) is 0 Å². The highest BCUT2D eigenvalue weighted by Gasteiger charge is 2.14. The van der Waals surface area contributed by atoms with Crippen molar-refractivity contribution in [3.05, 3.63) is 29.3 Å². The number of alkyl halides is 2. The molecule has 102 valence electrons. The maximum atomic E-state index is 12.1. The van der Waals surface area contributed by atoms with E-state index in [1.54, 1.807) is 6.92 Å². The van der Waals surface area contributed by atoms with E-state index >= 15 is 0 Å². The highest BCUT2D eigenvalue weighted by Crippen LogP contribution is 2.21. The number of benzene rings is 1. The zero-order chi connectivity index (χ0) is 14.3. The first-order valence-electron chi connectivity index (χ1n) is 5.70. The van der Waals surface area contributed by atoms with Crippen molar-refractivity contribution in [2.45, 2.75) is 26.4 Å². The first kappa shape index (κ1) is 14.9. The van der Waals surface area contributed by atoms with E-state index in [-0.39, 0.29) is 30.8 Å². The van der Waals surface area contributed by atoms with Gasteiger partial charge in [0.15, 0.2) is 0 Å². The fourth-order valence-electron chi connectivity index (χ4n) is 1.55. The number of nitriles is 1. The second kappa shape index (κ2) is 7.31. The van der Waals surface area contributed by atoms with Crippen LogP contribution in [0.25, 0.3) is 0 Å². The van der Waals surface area contributed by atoms with E-state index in [0.29, 0.717) is 5.56 Å². The molecule has 0 amide bonds. The Morgan fingerprint density at radius 3 is 2.79 bits per heavy atom. The third-order valence-corrected chi connectivity index (χ3v) is 2.30. The van der Waals surface area contributed by atoms with E-state index in [0.717, 1.165) is 0 Å². The number of ether oxygens (including phenoxy) is 2. The summed E-state index contributed by atoms with van der Waals surface area (Å²) in [5.41, 5.74) is 0.719. The van der Waals surface area contributed by atoms with Gasteiger partial charge in [-0.25, -0.2) is 4.79 Å². The lowest BCUT2D eigenvalue weighted by Gasteiger charge is -2.10. The van der Waals surface area contributed by atoms with Gasteiger partial charge in [0.05, 0.1) is 18.2 Å². The highest BCUT2D eigenvalue weighted by molar-refractivity contribution is 5.91. The smallest absolute Gasteiger partial charge is 0.387 e. The first-order valence-corrected chi connectivity index (χ1v) is 5.70. The van der Waals surface area contributed by atoms with Gasteiger partial charge in [0.25, 0.3) is 0 Å². The molecular formula is C13H13F2NO3. The zero-order valence-electron chi connectivity index (χ0n) is 10.4. The van der Waals surface area contributed by atoms with E-state index in [2.05, 4.69) is 4.74 Å². The Morgan fingerprint density at radius 1 is 1.47 bits per heavy atom. The summed E-state index contributed by atoms with van der Waals surface area (Å²) in [5, 5.41) is 8.56. The molecule has 1 aromatic rings. The topological polar surface area (TPSA) is 59.3 Å². The van der Waals surface area contributed by atoms with Crippen LogP contribution in [0.3, 0.4) is 0 Å². The first-order chi connectivity index (χ1) is 9.08. The molecule has 0 heterocycles. The molecule has 6 heteroatoms. The number of hydrogen-bond donors (Lipinski definition) is 0. The number of rotatable bonds is 6. The molecule has 19 heavy (non-hydrogen) atoms. The van der Waals surface area contributed by atoms with E-state index in [9.17, 15) is 13.6 Å². The van der Waals surface area contributed by atoms with Crippen molar-refractivity contribution < 1.29 is 23.0 Å². The lowest BCUT2D eigenvalue weighted by molar-refractivity contribution is -0.0498. The van der Waals surface area contributed by atoms with Crippen molar-refractivity contribution in [3.8, 4) is 11.8 Å². The Morgan fingerprint density at radius 2 is 2.21 bits per heavy atom. The molecule has 0 fully saturated rings. The number of esters is 1. The van der Waals surface area contributed by atoms with Crippen molar-refractivity contribution >= 4 is 5.97 Å². The molecule has 0 spiro atoms. The third-order valence-electron chi connectivity index (χ3n) is 2.30. The fourth-order valence-corrected chi connectivity index (χ4v) is 1.55. The second-order valence-electron chi connectivity index (χ2n) is 3.58. The molecule has 0 saturated carbocycles. The maximum absolute atomic E-state index is 12.1. The van der Waals surface area contributed by atoms with Crippen LogP contribution in [0.5, 0.6) is 5.75 Å². The van der Waals surface area contributed by atoms with Crippen LogP contribution in [-0.2, 0) is 11.2 Å². The van der Waals surface area contributed by atoms with Gasteiger partial charge in [-0.3, -0.25) is 0 Å². The number of carbonyl (C=O) groups excluding carboxylic acids is 1. The van der Waals surface area contributed by atoms with Crippen LogP contribution in [0.1, 0.15) is 29.3 Å². The molecule has 0 aromatic heterocycles. The SMILES string of the molecule is CCOC(=O)c1ccc(OC(F)F)cc1CCC#N. The van der Waals surface area contributed by atoms with Crippen LogP contribution < -0.4 is 4.74 Å². The summed E-state index contributed by atoms with van der Waals surface area (Å²) < 4.78 is 33.4. The van der Waals surface area contributed by atoms with Crippen LogP contribution in [0, 0.1) is 11.3 Å². The molecule has 0 unspecified atom stereocenters. The monoisotopic (exact) mass is 269 g/mol. The molecule has 0 bridgehead atoms. The minimum atomic E-state index is -2.93. The number of hydrogen-bond acceptors (Lipinski definition) is 4. The Kier molecular flexibility index (Phi) is 5.73. The second-order valence-corrected chi connectivity index (χ2v) is 3.58. The average Bonchev–Trinajstić information content (AvgIpc) is 2.36. The molecule has 0 atom stereocenters. The van der Waals surface area contributed by atoms with Gasteiger partial charge in [0, 0.05) is 6.42 Å².